The Hall–Kier alpha value is -2.57. The van der Waals surface area contributed by atoms with E-state index in [4.69, 9.17) is 0 Å². The second-order valence-electron chi connectivity index (χ2n) is 5.10. The van der Waals surface area contributed by atoms with Crippen LogP contribution in [0.15, 0.2) is 30.6 Å². The van der Waals surface area contributed by atoms with E-state index in [0.717, 1.165) is 12.3 Å². The molecule has 0 radical (unpaired) electrons. The van der Waals surface area contributed by atoms with Crippen LogP contribution in [0.25, 0.3) is 0 Å². The summed E-state index contributed by atoms with van der Waals surface area (Å²) in [7, 11) is 1.85. The van der Waals surface area contributed by atoms with Gasteiger partial charge in [0, 0.05) is 32.4 Å². The van der Waals surface area contributed by atoms with E-state index >= 15 is 0 Å². The van der Waals surface area contributed by atoms with Crippen molar-refractivity contribution in [3.05, 3.63) is 53.5 Å². The fraction of sp³-hybridized carbons (Fsp3) is 0.267. The highest BCUT2D eigenvalue weighted by Gasteiger charge is 2.26. The van der Waals surface area contributed by atoms with Gasteiger partial charge in [0.25, 0.3) is 5.91 Å². The summed E-state index contributed by atoms with van der Waals surface area (Å²) in [6.07, 6.45) is 2.57. The van der Waals surface area contributed by atoms with Gasteiger partial charge in [-0.3, -0.25) is 9.78 Å². The summed E-state index contributed by atoms with van der Waals surface area (Å²) in [6.45, 7) is 0.968. The summed E-state index contributed by atoms with van der Waals surface area (Å²) in [5.74, 6) is -1.13. The van der Waals surface area contributed by atoms with E-state index in [9.17, 15) is 13.6 Å². The maximum absolute atomic E-state index is 13.7. The number of likely N-dealkylation sites (N-methyl/N-ethyl adjacent to an activating group) is 1. The third-order valence-electron chi connectivity index (χ3n) is 3.60. The first-order valence-corrected chi connectivity index (χ1v) is 6.81. The van der Waals surface area contributed by atoms with Crippen molar-refractivity contribution in [2.45, 2.75) is 6.54 Å². The fourth-order valence-corrected chi connectivity index (χ4v) is 2.41. The van der Waals surface area contributed by atoms with Gasteiger partial charge in [-0.15, -0.1) is 0 Å². The maximum Gasteiger partial charge on any atom is 0.258 e. The summed E-state index contributed by atoms with van der Waals surface area (Å²) < 4.78 is 26.7. The minimum absolute atomic E-state index is 0.00682. The fourth-order valence-electron chi connectivity index (χ4n) is 2.41. The molecule has 3 rings (SSSR count). The lowest BCUT2D eigenvalue weighted by molar-refractivity contribution is 0.0751. The second-order valence-corrected chi connectivity index (χ2v) is 5.10. The van der Waals surface area contributed by atoms with Crippen molar-refractivity contribution >= 4 is 11.7 Å². The molecule has 2 aromatic rings. The molecule has 0 saturated carbocycles. The van der Waals surface area contributed by atoms with Gasteiger partial charge in [-0.25, -0.2) is 13.8 Å². The predicted molar refractivity (Wildman–Crippen MR) is 76.4 cm³/mol. The number of pyridine rings is 2. The molecule has 3 heterocycles. The molecule has 2 aromatic heterocycles. The molecule has 0 atom stereocenters. The highest BCUT2D eigenvalue weighted by atomic mass is 19.1. The maximum atomic E-state index is 13.7. The van der Waals surface area contributed by atoms with Gasteiger partial charge in [0.1, 0.15) is 17.5 Å². The standard InChI is InChI=1S/C15H14F2N4O/c1-20-5-6-21(9-13-12(17)7-10(16)8-19-13)15(22)11-3-2-4-18-14(11)20/h2-4,7-8H,5-6,9H2,1H3. The molecule has 1 amide bonds. The van der Waals surface area contributed by atoms with Crippen molar-refractivity contribution in [1.82, 2.24) is 14.9 Å². The number of amides is 1. The van der Waals surface area contributed by atoms with E-state index in [1.54, 1.807) is 18.3 Å². The van der Waals surface area contributed by atoms with Gasteiger partial charge in [-0.05, 0) is 12.1 Å². The number of halogens is 2. The first kappa shape index (κ1) is 14.4. The van der Waals surface area contributed by atoms with Crippen LogP contribution in [0.3, 0.4) is 0 Å². The van der Waals surface area contributed by atoms with Gasteiger partial charge < -0.3 is 9.80 Å². The minimum atomic E-state index is -0.753. The number of carbonyl (C=O) groups is 1. The Labute approximate surface area is 126 Å². The summed E-state index contributed by atoms with van der Waals surface area (Å²) in [5, 5.41) is 0. The van der Waals surface area contributed by atoms with Crippen LogP contribution in [0.1, 0.15) is 16.1 Å². The van der Waals surface area contributed by atoms with Crippen molar-refractivity contribution in [2.75, 3.05) is 25.0 Å². The molecule has 0 saturated heterocycles. The average Bonchev–Trinajstić information content (AvgIpc) is 2.62. The molecule has 0 aliphatic carbocycles. The molecule has 114 valence electrons. The van der Waals surface area contributed by atoms with Crippen molar-refractivity contribution in [3.63, 3.8) is 0 Å². The van der Waals surface area contributed by atoms with E-state index in [1.807, 2.05) is 11.9 Å². The van der Waals surface area contributed by atoms with E-state index < -0.39 is 11.6 Å². The smallest absolute Gasteiger partial charge is 0.258 e. The van der Waals surface area contributed by atoms with Crippen LogP contribution in [-0.2, 0) is 6.54 Å². The highest BCUT2D eigenvalue weighted by Crippen LogP contribution is 2.22. The number of hydrogen-bond donors (Lipinski definition) is 0. The van der Waals surface area contributed by atoms with E-state index in [0.29, 0.717) is 24.5 Å². The van der Waals surface area contributed by atoms with Crippen LogP contribution >= 0.6 is 0 Å². The first-order valence-electron chi connectivity index (χ1n) is 6.81. The van der Waals surface area contributed by atoms with E-state index in [-0.39, 0.29) is 18.1 Å². The molecule has 0 N–H and O–H groups in total. The SMILES string of the molecule is CN1CCN(Cc2ncc(F)cc2F)C(=O)c2cccnc21. The predicted octanol–water partition coefficient (Wildman–Crippen LogP) is 1.85. The summed E-state index contributed by atoms with van der Waals surface area (Å²) in [6, 6.07) is 4.14. The number of anilines is 1. The van der Waals surface area contributed by atoms with Crippen LogP contribution < -0.4 is 4.90 Å². The van der Waals surface area contributed by atoms with Gasteiger partial charge in [-0.1, -0.05) is 0 Å². The normalized spacial score (nSPS) is 14.8. The number of hydrogen-bond acceptors (Lipinski definition) is 4. The largest absolute Gasteiger partial charge is 0.357 e. The van der Waals surface area contributed by atoms with Gasteiger partial charge in [0.15, 0.2) is 0 Å². The van der Waals surface area contributed by atoms with Gasteiger partial charge in [-0.2, -0.15) is 0 Å². The van der Waals surface area contributed by atoms with Crippen molar-refractivity contribution in [1.29, 1.82) is 0 Å². The summed E-state index contributed by atoms with van der Waals surface area (Å²) >= 11 is 0. The van der Waals surface area contributed by atoms with E-state index in [1.165, 1.54) is 4.90 Å². The molecule has 7 heteroatoms. The Balaban J connectivity index is 1.91. The number of nitrogens with zero attached hydrogens (tertiary/aromatic N) is 4. The lowest BCUT2D eigenvalue weighted by atomic mass is 10.2. The first-order chi connectivity index (χ1) is 10.6. The minimum Gasteiger partial charge on any atom is -0.357 e. The van der Waals surface area contributed by atoms with Gasteiger partial charge >= 0.3 is 0 Å². The Bertz CT molecular complexity index is 722. The van der Waals surface area contributed by atoms with E-state index in [2.05, 4.69) is 9.97 Å². The van der Waals surface area contributed by atoms with Crippen LogP contribution in [0.5, 0.6) is 0 Å². The Kier molecular flexibility index (Phi) is 3.70. The molecule has 1 aliphatic rings. The van der Waals surface area contributed by atoms with Crippen LogP contribution in [-0.4, -0.2) is 40.9 Å². The molecular formula is C15H14F2N4O. The van der Waals surface area contributed by atoms with Crippen LogP contribution in [0, 0.1) is 11.6 Å². The summed E-state index contributed by atoms with van der Waals surface area (Å²) in [4.78, 5) is 23.9. The summed E-state index contributed by atoms with van der Waals surface area (Å²) in [5.41, 5.74) is 0.509. The molecule has 0 fully saturated rings. The Morgan fingerprint density at radius 2 is 2.09 bits per heavy atom. The number of aromatic nitrogens is 2. The molecule has 0 aromatic carbocycles. The zero-order valence-corrected chi connectivity index (χ0v) is 12.0. The zero-order valence-electron chi connectivity index (χ0n) is 12.0. The van der Waals surface area contributed by atoms with Crippen molar-refractivity contribution in [2.24, 2.45) is 0 Å². The van der Waals surface area contributed by atoms with Crippen LogP contribution in [0.2, 0.25) is 0 Å². The van der Waals surface area contributed by atoms with Gasteiger partial charge in [0.2, 0.25) is 0 Å². The third-order valence-corrected chi connectivity index (χ3v) is 3.60. The quantitative estimate of drug-likeness (QED) is 0.849. The average molecular weight is 304 g/mol. The zero-order chi connectivity index (χ0) is 15.7. The highest BCUT2D eigenvalue weighted by molar-refractivity contribution is 5.99. The third kappa shape index (κ3) is 2.61. The number of carbonyl (C=O) groups excluding carboxylic acids is 1. The number of rotatable bonds is 2. The second kappa shape index (κ2) is 5.67. The molecule has 1 aliphatic heterocycles. The molecule has 0 unspecified atom stereocenters. The Morgan fingerprint density at radius 3 is 2.86 bits per heavy atom. The van der Waals surface area contributed by atoms with Crippen molar-refractivity contribution in [3.8, 4) is 0 Å². The molecule has 0 spiro atoms. The van der Waals surface area contributed by atoms with Crippen molar-refractivity contribution < 1.29 is 13.6 Å². The molecule has 5 nitrogen and oxygen atoms in total. The lowest BCUT2D eigenvalue weighted by Crippen LogP contribution is -2.34. The monoisotopic (exact) mass is 304 g/mol. The Morgan fingerprint density at radius 1 is 1.27 bits per heavy atom. The number of fused-ring (bicyclic) bond motifs is 1. The molecule has 22 heavy (non-hydrogen) atoms. The van der Waals surface area contributed by atoms with Crippen LogP contribution in [0.4, 0.5) is 14.6 Å². The topological polar surface area (TPSA) is 49.3 Å². The van der Waals surface area contributed by atoms with Gasteiger partial charge in [0.05, 0.1) is 24.0 Å². The lowest BCUT2D eigenvalue weighted by Gasteiger charge is -2.20. The molecular weight excluding hydrogens is 290 g/mol. The molecule has 0 bridgehead atoms.